The van der Waals surface area contributed by atoms with E-state index in [9.17, 15) is 26.4 Å². The van der Waals surface area contributed by atoms with E-state index in [2.05, 4.69) is 0 Å². The van der Waals surface area contributed by atoms with Crippen molar-refractivity contribution in [2.45, 2.75) is 75.1 Å². The van der Waals surface area contributed by atoms with E-state index in [1.165, 1.54) is 48.5 Å². The number of aryl methyl sites for hydroxylation is 2. The third kappa shape index (κ3) is 9.43. The van der Waals surface area contributed by atoms with E-state index in [0.717, 1.165) is 11.1 Å². The summed E-state index contributed by atoms with van der Waals surface area (Å²) < 4.78 is 73.9. The third-order valence-electron chi connectivity index (χ3n) is 4.63. The fourth-order valence-corrected chi connectivity index (χ4v) is 6.45. The third-order valence-corrected chi connectivity index (χ3v) is 8.88. The van der Waals surface area contributed by atoms with Crippen LogP contribution in [0.25, 0.3) is 0 Å². The summed E-state index contributed by atoms with van der Waals surface area (Å²) in [5.41, 5.74) is 1.53. The monoisotopic (exact) mass is 602 g/mol. The summed E-state index contributed by atoms with van der Waals surface area (Å²) in [7, 11) is -14.7. The highest BCUT2D eigenvalue weighted by Crippen LogP contribution is 2.25. The summed E-state index contributed by atoms with van der Waals surface area (Å²) in [6.45, 7) is 13.4. The van der Waals surface area contributed by atoms with Gasteiger partial charge in [0.05, 0.1) is 9.79 Å². The largest absolute Gasteiger partial charge is 0.518 e. The lowest BCUT2D eigenvalue weighted by molar-refractivity contribution is -0.158. The van der Waals surface area contributed by atoms with Gasteiger partial charge < -0.3 is 8.85 Å². The van der Waals surface area contributed by atoms with Crippen molar-refractivity contribution in [1.82, 2.24) is 0 Å². The molecule has 0 N–H and O–H groups in total. The molecule has 0 bridgehead atoms. The normalized spacial score (nSPS) is 14.4. The lowest BCUT2D eigenvalue weighted by Gasteiger charge is -2.29. The summed E-state index contributed by atoms with van der Waals surface area (Å²) in [5, 5.41) is 0. The molecule has 210 valence electrons. The smallest absolute Gasteiger partial charge is 0.327 e. The van der Waals surface area contributed by atoms with Crippen molar-refractivity contribution < 1.29 is 43.6 Å². The van der Waals surface area contributed by atoms with Crippen LogP contribution in [-0.4, -0.2) is 57.6 Å². The van der Waals surface area contributed by atoms with Crippen LogP contribution in [0.5, 0.6) is 0 Å². The molecule has 0 saturated heterocycles. The maximum Gasteiger partial charge on any atom is 0.327 e. The Morgan fingerprint density at radius 1 is 0.579 bits per heavy atom. The maximum absolute atomic E-state index is 13.3. The molecule has 2 aromatic carbocycles. The van der Waals surface area contributed by atoms with Gasteiger partial charge >= 0.3 is 11.9 Å². The number of benzene rings is 2. The van der Waals surface area contributed by atoms with Crippen molar-refractivity contribution in [2.24, 2.45) is 0 Å². The molecule has 0 aromatic heterocycles. The Morgan fingerprint density at radius 2 is 0.842 bits per heavy atom. The Hall–Kier alpha value is -2.37. The lowest BCUT2D eigenvalue weighted by Crippen LogP contribution is -2.51. The van der Waals surface area contributed by atoms with Crippen LogP contribution in [0.2, 0.25) is 39.3 Å². The number of hydrogen-bond donors (Lipinski definition) is 0. The topological polar surface area (TPSA) is 139 Å². The first-order chi connectivity index (χ1) is 17.2. The number of hydrogen-bond acceptors (Lipinski definition) is 10. The molecule has 0 aliphatic heterocycles. The van der Waals surface area contributed by atoms with Crippen molar-refractivity contribution in [3.63, 3.8) is 0 Å². The second-order valence-electron chi connectivity index (χ2n) is 10.6. The maximum atomic E-state index is 13.3. The Labute approximate surface area is 226 Å². The van der Waals surface area contributed by atoms with E-state index in [1.807, 2.05) is 0 Å². The Bertz CT molecular complexity index is 1250. The van der Waals surface area contributed by atoms with Gasteiger partial charge in [-0.2, -0.15) is 16.8 Å². The molecular weight excluding hydrogens is 569 g/mol. The van der Waals surface area contributed by atoms with Crippen molar-refractivity contribution in [2.75, 3.05) is 0 Å². The molecule has 2 rings (SSSR count). The summed E-state index contributed by atoms with van der Waals surface area (Å²) in [5.74, 6) is -2.53. The molecule has 0 amide bonds. The quantitative estimate of drug-likeness (QED) is 0.275. The van der Waals surface area contributed by atoms with Gasteiger partial charge in [-0.15, -0.1) is 0 Å². The second-order valence-corrected chi connectivity index (χ2v) is 22.6. The summed E-state index contributed by atoms with van der Waals surface area (Å²) in [6, 6.07) is 11.1. The second kappa shape index (κ2) is 11.8. The van der Waals surface area contributed by atoms with Gasteiger partial charge in [-0.25, -0.2) is 8.37 Å². The highest BCUT2D eigenvalue weighted by molar-refractivity contribution is 7.87. The van der Waals surface area contributed by atoms with Gasteiger partial charge in [0.1, 0.15) is 0 Å². The standard InChI is InChI=1S/C24H34O10S2Si2/c1-17-9-13-19(14-10-17)35(27,28)31-21(23(25)33-37(3,4)5)22(24(26)34-38(6,7)8)32-36(29,30)20-15-11-18(2)12-16-20/h9-16,21-22H,1-8H3. The SMILES string of the molecule is Cc1ccc(S(=O)(=O)OC(C(=O)O[Si](C)(C)C)C(OS(=O)(=O)c2ccc(C)cc2)C(=O)O[Si](C)(C)C)cc1. The van der Waals surface area contributed by atoms with E-state index in [-0.39, 0.29) is 9.79 Å². The van der Waals surface area contributed by atoms with Crippen LogP contribution in [0, 0.1) is 13.8 Å². The molecular formula is C24H34O10S2Si2. The highest BCUT2D eigenvalue weighted by atomic mass is 32.2. The lowest BCUT2D eigenvalue weighted by atomic mass is 10.2. The fourth-order valence-electron chi connectivity index (χ4n) is 2.94. The highest BCUT2D eigenvalue weighted by Gasteiger charge is 2.47. The number of rotatable bonds is 11. The Balaban J connectivity index is 2.64. The molecule has 0 aliphatic rings. The zero-order chi connectivity index (χ0) is 29.1. The molecule has 38 heavy (non-hydrogen) atoms. The summed E-state index contributed by atoms with van der Waals surface area (Å²) >= 11 is 0. The van der Waals surface area contributed by atoms with E-state index < -0.39 is 61.0 Å². The molecule has 0 aliphatic carbocycles. The molecule has 0 saturated carbocycles. The van der Waals surface area contributed by atoms with Crippen LogP contribution in [0.15, 0.2) is 58.3 Å². The first-order valence-electron chi connectivity index (χ1n) is 11.7. The van der Waals surface area contributed by atoms with E-state index in [1.54, 1.807) is 53.1 Å². The molecule has 0 heterocycles. The van der Waals surface area contributed by atoms with E-state index in [0.29, 0.717) is 0 Å². The fraction of sp³-hybridized carbons (Fsp3) is 0.417. The average Bonchev–Trinajstić information content (AvgIpc) is 2.74. The minimum Gasteiger partial charge on any atom is -0.518 e. The minimum atomic E-state index is -4.68. The zero-order valence-corrected chi connectivity index (χ0v) is 26.3. The molecule has 2 aromatic rings. The van der Waals surface area contributed by atoms with Gasteiger partial charge in [0, 0.05) is 0 Å². The predicted molar refractivity (Wildman–Crippen MR) is 145 cm³/mol. The average molecular weight is 603 g/mol. The zero-order valence-electron chi connectivity index (χ0n) is 22.7. The number of carbonyl (C=O) groups is 2. The van der Waals surface area contributed by atoms with Crippen molar-refractivity contribution >= 4 is 48.8 Å². The van der Waals surface area contributed by atoms with Gasteiger partial charge in [0.25, 0.3) is 20.2 Å². The summed E-state index contributed by atoms with van der Waals surface area (Å²) in [4.78, 5) is 25.9. The molecule has 0 radical (unpaired) electrons. The Kier molecular flexibility index (Phi) is 9.89. The van der Waals surface area contributed by atoms with Crippen LogP contribution in [0.3, 0.4) is 0 Å². The minimum absolute atomic E-state index is 0.312. The van der Waals surface area contributed by atoms with Crippen molar-refractivity contribution in [1.29, 1.82) is 0 Å². The van der Waals surface area contributed by atoms with Gasteiger partial charge in [-0.1, -0.05) is 35.4 Å². The van der Waals surface area contributed by atoms with Gasteiger partial charge in [-0.3, -0.25) is 9.59 Å². The molecule has 14 heteroatoms. The molecule has 2 unspecified atom stereocenters. The molecule has 0 spiro atoms. The Morgan fingerprint density at radius 3 is 1.08 bits per heavy atom. The predicted octanol–water partition coefficient (Wildman–Crippen LogP) is 3.91. The van der Waals surface area contributed by atoms with Crippen LogP contribution in [0.1, 0.15) is 11.1 Å². The van der Waals surface area contributed by atoms with Crippen LogP contribution < -0.4 is 0 Å². The van der Waals surface area contributed by atoms with Crippen molar-refractivity contribution in [3.8, 4) is 0 Å². The molecule has 10 nitrogen and oxygen atoms in total. The first kappa shape index (κ1) is 31.8. The van der Waals surface area contributed by atoms with E-state index >= 15 is 0 Å². The van der Waals surface area contributed by atoms with E-state index in [4.69, 9.17) is 17.2 Å². The molecule has 0 fully saturated rings. The van der Waals surface area contributed by atoms with Gasteiger partial charge in [0.2, 0.25) is 28.8 Å². The van der Waals surface area contributed by atoms with Crippen molar-refractivity contribution in [3.05, 3.63) is 59.7 Å². The van der Waals surface area contributed by atoms with Gasteiger partial charge in [0.15, 0.2) is 0 Å². The number of carbonyl (C=O) groups excluding carboxylic acids is 2. The van der Waals surface area contributed by atoms with Crippen LogP contribution in [-0.2, 0) is 47.0 Å². The summed E-state index contributed by atoms with van der Waals surface area (Å²) in [6.07, 6.45) is -4.62. The van der Waals surface area contributed by atoms with Crippen LogP contribution >= 0.6 is 0 Å². The van der Waals surface area contributed by atoms with Crippen LogP contribution in [0.4, 0.5) is 0 Å². The molecule has 2 atom stereocenters. The van der Waals surface area contributed by atoms with Gasteiger partial charge in [-0.05, 0) is 77.4 Å². The first-order valence-corrected chi connectivity index (χ1v) is 21.3.